The van der Waals surface area contributed by atoms with Gasteiger partial charge in [0.15, 0.2) is 0 Å². The summed E-state index contributed by atoms with van der Waals surface area (Å²) in [5.74, 6) is 0.313. The summed E-state index contributed by atoms with van der Waals surface area (Å²) in [4.78, 5) is 5.30. The van der Waals surface area contributed by atoms with Crippen molar-refractivity contribution < 1.29 is 0 Å². The minimum Gasteiger partial charge on any atom is -0.334 e. The molecule has 3 heteroatoms. The van der Waals surface area contributed by atoms with E-state index in [0.717, 1.165) is 0 Å². The Balaban J connectivity index is 1.26. The van der Waals surface area contributed by atoms with Crippen LogP contribution in [-0.4, -0.2) is 10.6 Å². The molecule has 2 atom stereocenters. The second-order valence-electron chi connectivity index (χ2n) is 10.2. The van der Waals surface area contributed by atoms with Gasteiger partial charge < -0.3 is 9.47 Å². The molecule has 2 nitrogen and oxygen atoms in total. The molecule has 2 heterocycles. The van der Waals surface area contributed by atoms with Crippen LogP contribution in [0.2, 0.25) is 0 Å². The van der Waals surface area contributed by atoms with Crippen LogP contribution in [0.4, 0.5) is 11.4 Å². The van der Waals surface area contributed by atoms with Gasteiger partial charge in [-0.2, -0.15) is 0 Å². The van der Waals surface area contributed by atoms with Crippen LogP contribution in [0, 0.1) is 0 Å². The molecule has 2 unspecified atom stereocenters. The van der Waals surface area contributed by atoms with Crippen LogP contribution in [-0.2, 0) is 0 Å². The van der Waals surface area contributed by atoms with E-state index in [9.17, 15) is 0 Å². The van der Waals surface area contributed by atoms with Crippen LogP contribution >= 0.6 is 11.8 Å². The molecule has 0 saturated carbocycles. The Morgan fingerprint density at radius 2 is 1.21 bits per heavy atom. The van der Waals surface area contributed by atoms with E-state index in [2.05, 4.69) is 155 Å². The average molecular weight is 519 g/mol. The van der Waals surface area contributed by atoms with Gasteiger partial charge >= 0.3 is 0 Å². The predicted octanol–water partition coefficient (Wildman–Crippen LogP) is 9.63. The third kappa shape index (κ3) is 3.58. The van der Waals surface area contributed by atoms with Crippen molar-refractivity contribution in [2.45, 2.75) is 16.9 Å². The average Bonchev–Trinajstić information content (AvgIpc) is 3.55. The lowest BCUT2D eigenvalue weighted by molar-refractivity contribution is 0.682. The molecule has 186 valence electrons. The molecule has 1 aliphatic heterocycles. The van der Waals surface area contributed by atoms with Crippen molar-refractivity contribution in [1.29, 1.82) is 0 Å². The van der Waals surface area contributed by atoms with E-state index in [1.165, 1.54) is 54.2 Å². The minimum atomic E-state index is 0.183. The maximum atomic E-state index is 2.51. The fraction of sp³-hybridized carbons (Fsp3) is 0.0556. The number of para-hydroxylation sites is 3. The van der Waals surface area contributed by atoms with E-state index < -0.39 is 0 Å². The van der Waals surface area contributed by atoms with Crippen molar-refractivity contribution in [3.8, 4) is 5.69 Å². The molecule has 0 fully saturated rings. The standard InChI is InChI=1S/C36H26N2S/c1-2-11-25(12-3-1)37(33-18-10-20-35-36(33)30-15-6-9-19-34(30)39-35)26-21-23-27(24-22-26)38-31-16-7-4-13-28(31)29-14-5-8-17-32(29)38/h1-24,33,36H. The van der Waals surface area contributed by atoms with Gasteiger partial charge in [0.2, 0.25) is 0 Å². The van der Waals surface area contributed by atoms with Crippen LogP contribution in [0.3, 0.4) is 0 Å². The van der Waals surface area contributed by atoms with Crippen molar-refractivity contribution in [3.05, 3.63) is 156 Å². The minimum absolute atomic E-state index is 0.183. The Hall–Kier alpha value is -4.47. The molecule has 6 aromatic rings. The molecule has 0 spiro atoms. The van der Waals surface area contributed by atoms with Crippen molar-refractivity contribution >= 4 is 44.9 Å². The van der Waals surface area contributed by atoms with Crippen LogP contribution in [0.1, 0.15) is 11.5 Å². The predicted molar refractivity (Wildman–Crippen MR) is 165 cm³/mol. The van der Waals surface area contributed by atoms with Crippen molar-refractivity contribution in [2.75, 3.05) is 4.90 Å². The number of fused-ring (bicyclic) bond motifs is 6. The first-order chi connectivity index (χ1) is 19.4. The summed E-state index contributed by atoms with van der Waals surface area (Å²) in [7, 11) is 0. The summed E-state index contributed by atoms with van der Waals surface area (Å²) < 4.78 is 2.38. The quantitative estimate of drug-likeness (QED) is 0.230. The molecule has 0 N–H and O–H groups in total. The number of benzene rings is 5. The number of hydrogen-bond acceptors (Lipinski definition) is 2. The maximum absolute atomic E-state index is 2.51. The number of aromatic nitrogens is 1. The topological polar surface area (TPSA) is 8.17 Å². The molecule has 8 rings (SSSR count). The fourth-order valence-electron chi connectivity index (χ4n) is 6.32. The number of anilines is 2. The lowest BCUT2D eigenvalue weighted by atomic mass is 9.86. The van der Waals surface area contributed by atoms with E-state index in [1.807, 2.05) is 11.8 Å². The number of nitrogens with zero attached hydrogens (tertiary/aromatic N) is 2. The van der Waals surface area contributed by atoms with Crippen LogP contribution in [0.15, 0.2) is 155 Å². The van der Waals surface area contributed by atoms with Gasteiger partial charge in [0.1, 0.15) is 0 Å². The first kappa shape index (κ1) is 22.5. The number of hydrogen-bond donors (Lipinski definition) is 0. The monoisotopic (exact) mass is 518 g/mol. The molecule has 0 bridgehead atoms. The highest BCUT2D eigenvalue weighted by Gasteiger charge is 2.38. The fourth-order valence-corrected chi connectivity index (χ4v) is 7.57. The van der Waals surface area contributed by atoms with E-state index in [4.69, 9.17) is 0 Å². The highest BCUT2D eigenvalue weighted by Crippen LogP contribution is 2.53. The van der Waals surface area contributed by atoms with Crippen LogP contribution < -0.4 is 4.90 Å². The van der Waals surface area contributed by atoms with E-state index in [1.54, 1.807) is 0 Å². The largest absolute Gasteiger partial charge is 0.334 e. The molecular weight excluding hydrogens is 492 g/mol. The van der Waals surface area contributed by atoms with E-state index in [0.29, 0.717) is 5.92 Å². The Morgan fingerprint density at radius 1 is 0.590 bits per heavy atom. The van der Waals surface area contributed by atoms with Gasteiger partial charge in [-0.15, -0.1) is 0 Å². The number of rotatable bonds is 4. The Kier molecular flexibility index (Phi) is 5.24. The van der Waals surface area contributed by atoms with Gasteiger partial charge in [0.05, 0.1) is 17.1 Å². The van der Waals surface area contributed by atoms with Crippen LogP contribution in [0.25, 0.3) is 27.5 Å². The number of allylic oxidation sites excluding steroid dienone is 2. The molecule has 1 aliphatic carbocycles. The third-order valence-electron chi connectivity index (χ3n) is 8.00. The summed E-state index contributed by atoms with van der Waals surface area (Å²) in [6.07, 6.45) is 6.89. The summed E-state index contributed by atoms with van der Waals surface area (Å²) in [6.45, 7) is 0. The smallest absolute Gasteiger partial charge is 0.0640 e. The zero-order valence-electron chi connectivity index (χ0n) is 21.3. The molecule has 1 aromatic heterocycles. The molecule has 0 saturated heterocycles. The first-order valence-corrected chi connectivity index (χ1v) is 14.3. The number of thioether (sulfide) groups is 1. The van der Waals surface area contributed by atoms with Gasteiger partial charge in [-0.05, 0) is 65.1 Å². The maximum Gasteiger partial charge on any atom is 0.0640 e. The first-order valence-electron chi connectivity index (χ1n) is 13.4. The summed E-state index contributed by atoms with van der Waals surface area (Å²) >= 11 is 1.91. The molecule has 0 amide bonds. The van der Waals surface area contributed by atoms with Crippen molar-refractivity contribution in [3.63, 3.8) is 0 Å². The lowest BCUT2D eigenvalue weighted by Crippen LogP contribution is -2.35. The van der Waals surface area contributed by atoms with Crippen molar-refractivity contribution in [2.24, 2.45) is 0 Å². The molecular formula is C36H26N2S. The molecule has 2 aliphatic rings. The second-order valence-corrected chi connectivity index (χ2v) is 11.3. The summed E-state index contributed by atoms with van der Waals surface area (Å²) in [6, 6.07) is 46.3. The van der Waals surface area contributed by atoms with Crippen LogP contribution in [0.5, 0.6) is 0 Å². The normalized spacial score (nSPS) is 17.7. The van der Waals surface area contributed by atoms with Gasteiger partial charge in [-0.1, -0.05) is 103 Å². The SMILES string of the molecule is C1=CC(N(c2ccccc2)c2ccc(-n3c4ccccc4c4ccccc43)cc2)C2C(=C1)Sc1ccccc12. The van der Waals surface area contributed by atoms with E-state index >= 15 is 0 Å². The summed E-state index contributed by atoms with van der Waals surface area (Å²) in [5.41, 5.74) is 7.45. The van der Waals surface area contributed by atoms with E-state index in [-0.39, 0.29) is 6.04 Å². The third-order valence-corrected chi connectivity index (χ3v) is 9.21. The van der Waals surface area contributed by atoms with Gasteiger partial charge in [-0.3, -0.25) is 0 Å². The van der Waals surface area contributed by atoms with Gasteiger partial charge in [0, 0.05) is 38.6 Å². The summed E-state index contributed by atoms with van der Waals surface area (Å²) in [5, 5.41) is 2.57. The zero-order chi connectivity index (χ0) is 25.8. The molecule has 0 radical (unpaired) electrons. The Bertz CT molecular complexity index is 1840. The highest BCUT2D eigenvalue weighted by molar-refractivity contribution is 8.03. The lowest BCUT2D eigenvalue weighted by Gasteiger charge is -2.37. The van der Waals surface area contributed by atoms with Gasteiger partial charge in [-0.25, -0.2) is 0 Å². The second kappa shape index (κ2) is 9.07. The zero-order valence-corrected chi connectivity index (χ0v) is 22.1. The molecule has 39 heavy (non-hydrogen) atoms. The van der Waals surface area contributed by atoms with Gasteiger partial charge in [0.25, 0.3) is 0 Å². The molecule has 5 aromatic carbocycles. The highest BCUT2D eigenvalue weighted by atomic mass is 32.2. The Labute approximate surface area is 232 Å². The Morgan fingerprint density at radius 3 is 1.95 bits per heavy atom. The van der Waals surface area contributed by atoms with Crippen molar-refractivity contribution in [1.82, 2.24) is 4.57 Å².